The number of aryl methyl sites for hydroxylation is 1. The molecule has 0 bridgehead atoms. The first kappa shape index (κ1) is 14.3. The minimum Gasteiger partial charge on any atom is -0.397 e. The van der Waals surface area contributed by atoms with Crippen molar-refractivity contribution in [1.82, 2.24) is 4.98 Å². The molecule has 22 heavy (non-hydrogen) atoms. The zero-order valence-electron chi connectivity index (χ0n) is 12.5. The van der Waals surface area contributed by atoms with Crippen LogP contribution in [-0.2, 0) is 6.61 Å². The molecule has 0 unspecified atom stereocenters. The Balaban J connectivity index is 2.11. The summed E-state index contributed by atoms with van der Waals surface area (Å²) < 4.78 is 0. The third kappa shape index (κ3) is 2.71. The fourth-order valence-electron chi connectivity index (χ4n) is 2.52. The van der Waals surface area contributed by atoms with E-state index in [0.717, 1.165) is 33.6 Å². The van der Waals surface area contributed by atoms with Gasteiger partial charge in [0.05, 0.1) is 23.7 Å². The van der Waals surface area contributed by atoms with E-state index in [2.05, 4.69) is 0 Å². The van der Waals surface area contributed by atoms with Crippen LogP contribution in [0, 0.1) is 6.92 Å². The summed E-state index contributed by atoms with van der Waals surface area (Å²) in [7, 11) is 0. The first-order valence-electron chi connectivity index (χ1n) is 7.22. The van der Waals surface area contributed by atoms with Gasteiger partial charge in [0, 0.05) is 11.1 Å². The molecule has 3 rings (SSSR count). The van der Waals surface area contributed by atoms with Gasteiger partial charge in [0.25, 0.3) is 0 Å². The molecule has 0 amide bonds. The van der Waals surface area contributed by atoms with Crippen molar-refractivity contribution < 1.29 is 5.11 Å². The van der Waals surface area contributed by atoms with Crippen LogP contribution in [0.2, 0.25) is 0 Å². The topological polar surface area (TPSA) is 59.1 Å². The quantitative estimate of drug-likeness (QED) is 0.771. The Bertz CT molecular complexity index is 781. The zero-order chi connectivity index (χ0) is 15.5. The molecule has 3 aromatic rings. The van der Waals surface area contributed by atoms with Crippen molar-refractivity contribution in [2.75, 3.05) is 5.73 Å². The number of nitrogen functional groups attached to an aromatic ring is 1. The summed E-state index contributed by atoms with van der Waals surface area (Å²) in [6, 6.07) is 19.7. The fourth-order valence-corrected chi connectivity index (χ4v) is 2.52. The lowest BCUT2D eigenvalue weighted by atomic mass is 10.0. The van der Waals surface area contributed by atoms with Crippen LogP contribution in [0.25, 0.3) is 22.5 Å². The Hall–Kier alpha value is -2.65. The van der Waals surface area contributed by atoms with E-state index in [1.165, 1.54) is 0 Å². The molecule has 2 aromatic carbocycles. The van der Waals surface area contributed by atoms with E-state index in [1.807, 2.05) is 67.6 Å². The van der Waals surface area contributed by atoms with E-state index in [1.54, 1.807) is 0 Å². The monoisotopic (exact) mass is 290 g/mol. The molecule has 0 aliphatic carbocycles. The van der Waals surface area contributed by atoms with Crippen LogP contribution in [0.1, 0.15) is 11.1 Å². The number of aliphatic hydroxyl groups is 1. The number of benzene rings is 2. The zero-order valence-corrected chi connectivity index (χ0v) is 12.5. The van der Waals surface area contributed by atoms with Gasteiger partial charge in [-0.05, 0) is 24.1 Å². The van der Waals surface area contributed by atoms with Gasteiger partial charge in [-0.15, -0.1) is 0 Å². The molecule has 3 N–H and O–H groups in total. The van der Waals surface area contributed by atoms with E-state index >= 15 is 0 Å². The maximum Gasteiger partial charge on any atom is 0.0938 e. The van der Waals surface area contributed by atoms with Crippen molar-refractivity contribution >= 4 is 5.69 Å². The molecule has 0 saturated heterocycles. The second-order valence-electron chi connectivity index (χ2n) is 5.31. The van der Waals surface area contributed by atoms with Gasteiger partial charge < -0.3 is 10.8 Å². The van der Waals surface area contributed by atoms with Crippen LogP contribution in [0.4, 0.5) is 5.69 Å². The maximum atomic E-state index is 9.15. The van der Waals surface area contributed by atoms with Crippen LogP contribution < -0.4 is 5.73 Å². The second kappa shape index (κ2) is 6.00. The summed E-state index contributed by atoms with van der Waals surface area (Å²) in [5.74, 6) is 0. The van der Waals surface area contributed by atoms with Crippen molar-refractivity contribution in [2.24, 2.45) is 0 Å². The molecule has 0 saturated carbocycles. The van der Waals surface area contributed by atoms with E-state index in [4.69, 9.17) is 15.8 Å². The predicted octanol–water partition coefficient (Wildman–Crippen LogP) is 3.80. The minimum absolute atomic E-state index is 0.0453. The number of aliphatic hydroxyl groups excluding tert-OH is 1. The molecule has 110 valence electrons. The summed E-state index contributed by atoms with van der Waals surface area (Å²) >= 11 is 0. The van der Waals surface area contributed by atoms with E-state index < -0.39 is 0 Å². The van der Waals surface area contributed by atoms with Crippen molar-refractivity contribution in [3.05, 3.63) is 71.8 Å². The molecule has 3 nitrogen and oxygen atoms in total. The first-order chi connectivity index (χ1) is 10.7. The number of rotatable bonds is 3. The lowest BCUT2D eigenvalue weighted by Crippen LogP contribution is -1.98. The summed E-state index contributed by atoms with van der Waals surface area (Å²) in [4.78, 5) is 4.78. The molecule has 3 heteroatoms. The molecule has 0 fully saturated rings. The molecule has 0 aliphatic rings. The number of nitrogens with zero attached hydrogens (tertiary/aromatic N) is 1. The second-order valence-corrected chi connectivity index (χ2v) is 5.31. The number of hydrogen-bond acceptors (Lipinski definition) is 3. The average molecular weight is 290 g/mol. The molecule has 1 heterocycles. The standard InChI is InChI=1S/C19H18N2O/c1-13-11-17(20)19(15-5-3-2-4-6-15)21-18(13)16-9-7-14(12-22)8-10-16/h2-11,22H,12,20H2,1H3. The molecule has 0 aliphatic heterocycles. The lowest BCUT2D eigenvalue weighted by Gasteiger charge is -2.12. The SMILES string of the molecule is Cc1cc(N)c(-c2ccccc2)nc1-c1ccc(CO)cc1. The van der Waals surface area contributed by atoms with Gasteiger partial charge in [-0.2, -0.15) is 0 Å². The van der Waals surface area contributed by atoms with Gasteiger partial charge in [0.1, 0.15) is 0 Å². The van der Waals surface area contributed by atoms with Crippen molar-refractivity contribution in [3.8, 4) is 22.5 Å². The Morgan fingerprint density at radius 2 is 1.55 bits per heavy atom. The fraction of sp³-hybridized carbons (Fsp3) is 0.105. The summed E-state index contributed by atoms with van der Waals surface area (Å²) in [6.07, 6.45) is 0. The third-order valence-electron chi connectivity index (χ3n) is 3.70. The first-order valence-corrected chi connectivity index (χ1v) is 7.22. The average Bonchev–Trinajstić information content (AvgIpc) is 2.56. The molecule has 0 radical (unpaired) electrons. The molecular weight excluding hydrogens is 272 g/mol. The smallest absolute Gasteiger partial charge is 0.0938 e. The summed E-state index contributed by atoms with van der Waals surface area (Å²) in [5.41, 5.74) is 12.5. The van der Waals surface area contributed by atoms with E-state index in [0.29, 0.717) is 5.69 Å². The Labute approximate surface area is 130 Å². The molecule has 0 spiro atoms. The lowest BCUT2D eigenvalue weighted by molar-refractivity contribution is 0.282. The van der Waals surface area contributed by atoms with Crippen molar-refractivity contribution in [1.29, 1.82) is 0 Å². The van der Waals surface area contributed by atoms with Gasteiger partial charge in [-0.3, -0.25) is 0 Å². The highest BCUT2D eigenvalue weighted by molar-refractivity contribution is 5.77. The summed E-state index contributed by atoms with van der Waals surface area (Å²) in [6.45, 7) is 2.05. The van der Waals surface area contributed by atoms with Gasteiger partial charge in [0.2, 0.25) is 0 Å². The van der Waals surface area contributed by atoms with Gasteiger partial charge in [0.15, 0.2) is 0 Å². The Morgan fingerprint density at radius 1 is 0.909 bits per heavy atom. The highest BCUT2D eigenvalue weighted by Crippen LogP contribution is 2.30. The van der Waals surface area contributed by atoms with Crippen LogP contribution in [0.15, 0.2) is 60.7 Å². The highest BCUT2D eigenvalue weighted by atomic mass is 16.3. The van der Waals surface area contributed by atoms with Gasteiger partial charge in [-0.1, -0.05) is 54.6 Å². The van der Waals surface area contributed by atoms with Crippen LogP contribution in [0.5, 0.6) is 0 Å². The largest absolute Gasteiger partial charge is 0.397 e. The predicted molar refractivity (Wildman–Crippen MR) is 90.2 cm³/mol. The van der Waals surface area contributed by atoms with E-state index in [-0.39, 0.29) is 6.61 Å². The highest BCUT2D eigenvalue weighted by Gasteiger charge is 2.10. The number of hydrogen-bond donors (Lipinski definition) is 2. The molecule has 0 atom stereocenters. The molecular formula is C19H18N2O. The van der Waals surface area contributed by atoms with Crippen LogP contribution in [-0.4, -0.2) is 10.1 Å². The van der Waals surface area contributed by atoms with Gasteiger partial charge in [-0.25, -0.2) is 4.98 Å². The van der Waals surface area contributed by atoms with Gasteiger partial charge >= 0.3 is 0 Å². The Morgan fingerprint density at radius 3 is 2.18 bits per heavy atom. The minimum atomic E-state index is 0.0453. The van der Waals surface area contributed by atoms with Crippen molar-refractivity contribution in [3.63, 3.8) is 0 Å². The Kier molecular flexibility index (Phi) is 3.90. The van der Waals surface area contributed by atoms with E-state index in [9.17, 15) is 0 Å². The molecule has 1 aromatic heterocycles. The van der Waals surface area contributed by atoms with Crippen LogP contribution in [0.3, 0.4) is 0 Å². The van der Waals surface area contributed by atoms with Crippen molar-refractivity contribution in [2.45, 2.75) is 13.5 Å². The number of pyridine rings is 1. The summed E-state index contributed by atoms with van der Waals surface area (Å²) in [5, 5.41) is 9.15. The number of anilines is 1. The normalized spacial score (nSPS) is 10.6. The number of nitrogens with two attached hydrogens (primary N) is 1. The maximum absolute atomic E-state index is 9.15. The third-order valence-corrected chi connectivity index (χ3v) is 3.70. The number of aromatic nitrogens is 1. The van der Waals surface area contributed by atoms with Crippen LogP contribution >= 0.6 is 0 Å².